The van der Waals surface area contributed by atoms with Gasteiger partial charge in [-0.15, -0.1) is 0 Å². The molecule has 2 aromatic rings. The van der Waals surface area contributed by atoms with Crippen LogP contribution in [0.2, 0.25) is 0 Å². The van der Waals surface area contributed by atoms with Crippen LogP contribution >= 0.6 is 0 Å². The molecule has 1 aromatic carbocycles. The van der Waals surface area contributed by atoms with Gasteiger partial charge in [-0.1, -0.05) is 19.1 Å². The van der Waals surface area contributed by atoms with Crippen molar-refractivity contribution in [2.75, 3.05) is 5.73 Å². The van der Waals surface area contributed by atoms with E-state index in [0.29, 0.717) is 13.0 Å². The zero-order valence-corrected chi connectivity index (χ0v) is 12.3. The number of carbonyl (C=O) groups is 1. The standard InChI is InChI=1S/C16H20N4O/c1-11(13-3-5-14(17)6-4-13)7-16(21)20-10-15-9-18-12(2)8-19-15/h3-6,8-9,11H,7,10,17H2,1-2H3,(H,20,21). The number of amides is 1. The van der Waals surface area contributed by atoms with Crippen LogP contribution in [0.3, 0.4) is 0 Å². The number of nitrogens with two attached hydrogens (primary N) is 1. The third kappa shape index (κ3) is 4.56. The van der Waals surface area contributed by atoms with Crippen molar-refractivity contribution in [3.8, 4) is 0 Å². The quantitative estimate of drug-likeness (QED) is 0.825. The lowest BCUT2D eigenvalue weighted by atomic mass is 9.97. The molecule has 1 unspecified atom stereocenters. The van der Waals surface area contributed by atoms with E-state index < -0.39 is 0 Å². The van der Waals surface area contributed by atoms with Crippen LogP contribution in [0.5, 0.6) is 0 Å². The monoisotopic (exact) mass is 284 g/mol. The smallest absolute Gasteiger partial charge is 0.220 e. The fourth-order valence-electron chi connectivity index (χ4n) is 1.99. The largest absolute Gasteiger partial charge is 0.399 e. The van der Waals surface area contributed by atoms with E-state index in [2.05, 4.69) is 15.3 Å². The minimum absolute atomic E-state index is 0.00157. The molecule has 0 spiro atoms. The molecule has 0 aliphatic rings. The van der Waals surface area contributed by atoms with Crippen molar-refractivity contribution in [1.29, 1.82) is 0 Å². The Morgan fingerprint density at radius 2 is 1.95 bits per heavy atom. The van der Waals surface area contributed by atoms with Gasteiger partial charge in [0.05, 0.1) is 24.1 Å². The molecule has 21 heavy (non-hydrogen) atoms. The predicted molar refractivity (Wildman–Crippen MR) is 82.5 cm³/mol. The van der Waals surface area contributed by atoms with Crippen molar-refractivity contribution in [2.24, 2.45) is 0 Å². The van der Waals surface area contributed by atoms with E-state index >= 15 is 0 Å². The van der Waals surface area contributed by atoms with Crippen LogP contribution in [0.25, 0.3) is 0 Å². The average Bonchev–Trinajstić information content (AvgIpc) is 2.47. The molecule has 1 atom stereocenters. The van der Waals surface area contributed by atoms with Gasteiger partial charge in [0.1, 0.15) is 0 Å². The summed E-state index contributed by atoms with van der Waals surface area (Å²) in [6.45, 7) is 4.31. The van der Waals surface area contributed by atoms with E-state index in [4.69, 9.17) is 5.73 Å². The number of nitrogen functional groups attached to an aromatic ring is 1. The maximum absolute atomic E-state index is 11.9. The predicted octanol–water partition coefficient (Wildman–Crippen LogP) is 2.18. The molecule has 0 fully saturated rings. The number of benzene rings is 1. The Kier molecular flexibility index (Phi) is 4.87. The third-order valence-corrected chi connectivity index (χ3v) is 3.30. The molecule has 2 rings (SSSR count). The highest BCUT2D eigenvalue weighted by atomic mass is 16.1. The summed E-state index contributed by atoms with van der Waals surface area (Å²) in [5, 5.41) is 2.86. The topological polar surface area (TPSA) is 80.9 Å². The van der Waals surface area contributed by atoms with Crippen molar-refractivity contribution in [3.63, 3.8) is 0 Å². The Morgan fingerprint density at radius 3 is 2.57 bits per heavy atom. The first-order valence-corrected chi connectivity index (χ1v) is 6.94. The zero-order valence-electron chi connectivity index (χ0n) is 12.3. The molecule has 5 nitrogen and oxygen atoms in total. The minimum atomic E-state index is 0.00157. The van der Waals surface area contributed by atoms with E-state index in [1.54, 1.807) is 12.4 Å². The average molecular weight is 284 g/mol. The van der Waals surface area contributed by atoms with Crippen LogP contribution in [0.1, 0.15) is 36.2 Å². The van der Waals surface area contributed by atoms with Gasteiger partial charge in [0, 0.05) is 18.3 Å². The van der Waals surface area contributed by atoms with Crippen molar-refractivity contribution in [3.05, 3.63) is 53.6 Å². The number of aromatic nitrogens is 2. The lowest BCUT2D eigenvalue weighted by Gasteiger charge is -2.12. The van der Waals surface area contributed by atoms with Gasteiger partial charge < -0.3 is 11.1 Å². The van der Waals surface area contributed by atoms with E-state index in [1.807, 2.05) is 38.1 Å². The summed E-state index contributed by atoms with van der Waals surface area (Å²) in [5.74, 6) is 0.149. The first kappa shape index (κ1) is 15.0. The number of anilines is 1. The number of hydrogen-bond acceptors (Lipinski definition) is 4. The third-order valence-electron chi connectivity index (χ3n) is 3.30. The molecule has 0 radical (unpaired) electrons. The molecule has 5 heteroatoms. The van der Waals surface area contributed by atoms with Gasteiger partial charge in [-0.3, -0.25) is 14.8 Å². The summed E-state index contributed by atoms with van der Waals surface area (Å²) in [4.78, 5) is 20.3. The second-order valence-corrected chi connectivity index (χ2v) is 5.20. The van der Waals surface area contributed by atoms with Gasteiger partial charge in [-0.2, -0.15) is 0 Å². The van der Waals surface area contributed by atoms with E-state index in [9.17, 15) is 4.79 Å². The molecule has 1 amide bonds. The Balaban J connectivity index is 1.83. The van der Waals surface area contributed by atoms with Gasteiger partial charge in [0.15, 0.2) is 0 Å². The molecule has 0 saturated heterocycles. The Morgan fingerprint density at radius 1 is 1.24 bits per heavy atom. The summed E-state index contributed by atoms with van der Waals surface area (Å²) >= 11 is 0. The molecular formula is C16H20N4O. The van der Waals surface area contributed by atoms with Crippen molar-refractivity contribution >= 4 is 11.6 Å². The Labute approximate surface area is 124 Å². The number of hydrogen-bond donors (Lipinski definition) is 2. The van der Waals surface area contributed by atoms with Crippen LogP contribution in [-0.4, -0.2) is 15.9 Å². The normalized spacial score (nSPS) is 11.9. The van der Waals surface area contributed by atoms with E-state index in [0.717, 1.165) is 22.6 Å². The summed E-state index contributed by atoms with van der Waals surface area (Å²) in [5.41, 5.74) is 9.12. The number of aryl methyl sites for hydroxylation is 1. The highest BCUT2D eigenvalue weighted by Gasteiger charge is 2.11. The SMILES string of the molecule is Cc1cnc(CNC(=O)CC(C)c2ccc(N)cc2)cn1. The molecule has 0 aliphatic heterocycles. The zero-order chi connectivity index (χ0) is 15.2. The van der Waals surface area contributed by atoms with E-state index in [1.165, 1.54) is 0 Å². The fraction of sp³-hybridized carbons (Fsp3) is 0.312. The maximum Gasteiger partial charge on any atom is 0.220 e. The second-order valence-electron chi connectivity index (χ2n) is 5.20. The fourth-order valence-corrected chi connectivity index (χ4v) is 1.99. The van der Waals surface area contributed by atoms with Crippen LogP contribution < -0.4 is 11.1 Å². The molecule has 0 saturated carbocycles. The summed E-state index contributed by atoms with van der Waals surface area (Å²) in [7, 11) is 0. The van der Waals surface area contributed by atoms with Crippen molar-refractivity contribution < 1.29 is 4.79 Å². The van der Waals surface area contributed by atoms with Crippen LogP contribution in [0, 0.1) is 6.92 Å². The summed E-state index contributed by atoms with van der Waals surface area (Å²) in [6, 6.07) is 7.62. The van der Waals surface area contributed by atoms with E-state index in [-0.39, 0.29) is 11.8 Å². The van der Waals surface area contributed by atoms with Gasteiger partial charge >= 0.3 is 0 Å². The number of nitrogens with zero attached hydrogens (tertiary/aromatic N) is 2. The number of rotatable bonds is 5. The van der Waals surface area contributed by atoms with Gasteiger partial charge in [-0.05, 0) is 30.5 Å². The first-order chi connectivity index (χ1) is 10.0. The maximum atomic E-state index is 11.9. The minimum Gasteiger partial charge on any atom is -0.399 e. The number of nitrogens with one attached hydrogen (secondary N) is 1. The Bertz CT molecular complexity index is 593. The van der Waals surface area contributed by atoms with Gasteiger partial charge in [0.2, 0.25) is 5.91 Å². The molecular weight excluding hydrogens is 264 g/mol. The molecule has 0 aliphatic carbocycles. The molecule has 3 N–H and O–H groups in total. The second kappa shape index (κ2) is 6.83. The molecule has 1 aromatic heterocycles. The van der Waals surface area contributed by atoms with Crippen LogP contribution in [0.4, 0.5) is 5.69 Å². The van der Waals surface area contributed by atoms with Gasteiger partial charge in [0.25, 0.3) is 0 Å². The summed E-state index contributed by atoms with van der Waals surface area (Å²) in [6.07, 6.45) is 3.81. The van der Waals surface area contributed by atoms with Crippen LogP contribution in [-0.2, 0) is 11.3 Å². The van der Waals surface area contributed by atoms with Gasteiger partial charge in [-0.25, -0.2) is 0 Å². The lowest BCUT2D eigenvalue weighted by molar-refractivity contribution is -0.121. The molecule has 1 heterocycles. The van der Waals surface area contributed by atoms with Crippen LogP contribution in [0.15, 0.2) is 36.7 Å². The number of carbonyl (C=O) groups excluding carboxylic acids is 1. The lowest BCUT2D eigenvalue weighted by Crippen LogP contribution is -2.24. The highest BCUT2D eigenvalue weighted by molar-refractivity contribution is 5.76. The Hall–Kier alpha value is -2.43. The highest BCUT2D eigenvalue weighted by Crippen LogP contribution is 2.19. The molecule has 0 bridgehead atoms. The summed E-state index contributed by atoms with van der Waals surface area (Å²) < 4.78 is 0. The molecule has 110 valence electrons. The van der Waals surface area contributed by atoms with Crippen molar-refractivity contribution in [1.82, 2.24) is 15.3 Å². The van der Waals surface area contributed by atoms with Crippen molar-refractivity contribution in [2.45, 2.75) is 32.7 Å². The first-order valence-electron chi connectivity index (χ1n) is 6.94.